The number of rotatable bonds is 6. The van der Waals surface area contributed by atoms with Gasteiger partial charge in [0.2, 0.25) is 5.91 Å². The Kier molecular flexibility index (Phi) is 5.44. The smallest absolute Gasteiger partial charge is 0.217 e. The van der Waals surface area contributed by atoms with E-state index in [-0.39, 0.29) is 11.9 Å². The zero-order valence-corrected chi connectivity index (χ0v) is 11.4. The maximum absolute atomic E-state index is 10.7. The van der Waals surface area contributed by atoms with Gasteiger partial charge in [-0.2, -0.15) is 0 Å². The fourth-order valence-electron chi connectivity index (χ4n) is 1.52. The van der Waals surface area contributed by atoms with E-state index in [1.54, 1.807) is 0 Å². The number of benzene rings is 1. The standard InChI is InChI=1S/C12H17BrN2O2/c1-2-17-8-3-4-9(10(13)7-8)11(14)5-6-12(15)16/h3-4,7,11H,2,5-6,14H2,1H3,(H2,15,16). The molecule has 4 nitrogen and oxygen atoms in total. The van der Waals surface area contributed by atoms with Gasteiger partial charge in [0.25, 0.3) is 0 Å². The van der Waals surface area contributed by atoms with Crippen molar-refractivity contribution < 1.29 is 9.53 Å². The van der Waals surface area contributed by atoms with Crippen LogP contribution in [0.25, 0.3) is 0 Å². The van der Waals surface area contributed by atoms with Crippen molar-refractivity contribution in [2.75, 3.05) is 6.61 Å². The van der Waals surface area contributed by atoms with Crippen molar-refractivity contribution in [1.82, 2.24) is 0 Å². The second-order valence-corrected chi connectivity index (χ2v) is 4.58. The van der Waals surface area contributed by atoms with Gasteiger partial charge >= 0.3 is 0 Å². The Hall–Kier alpha value is -1.07. The van der Waals surface area contributed by atoms with Crippen LogP contribution in [0.3, 0.4) is 0 Å². The van der Waals surface area contributed by atoms with Crippen LogP contribution in [0, 0.1) is 0 Å². The van der Waals surface area contributed by atoms with Crippen LogP contribution in [0.1, 0.15) is 31.4 Å². The first-order valence-electron chi connectivity index (χ1n) is 5.50. The molecule has 0 aliphatic heterocycles. The lowest BCUT2D eigenvalue weighted by atomic mass is 10.0. The summed E-state index contributed by atoms with van der Waals surface area (Å²) in [5, 5.41) is 0. The number of halogens is 1. The van der Waals surface area contributed by atoms with E-state index in [0.717, 1.165) is 15.8 Å². The number of carbonyl (C=O) groups is 1. The van der Waals surface area contributed by atoms with Crippen LogP contribution >= 0.6 is 15.9 Å². The summed E-state index contributed by atoms with van der Waals surface area (Å²) in [4.78, 5) is 10.7. The minimum absolute atomic E-state index is 0.201. The molecule has 1 amide bonds. The highest BCUT2D eigenvalue weighted by Gasteiger charge is 2.11. The molecule has 0 heterocycles. The third-order valence-electron chi connectivity index (χ3n) is 2.38. The zero-order valence-electron chi connectivity index (χ0n) is 9.78. The number of ether oxygens (including phenoxy) is 1. The highest BCUT2D eigenvalue weighted by molar-refractivity contribution is 9.10. The van der Waals surface area contributed by atoms with Crippen LogP contribution in [0.2, 0.25) is 0 Å². The lowest BCUT2D eigenvalue weighted by Crippen LogP contribution is -2.16. The van der Waals surface area contributed by atoms with Crippen LogP contribution in [-0.2, 0) is 4.79 Å². The van der Waals surface area contributed by atoms with E-state index in [2.05, 4.69) is 15.9 Å². The number of nitrogens with two attached hydrogens (primary N) is 2. The molecule has 0 spiro atoms. The second kappa shape index (κ2) is 6.61. The lowest BCUT2D eigenvalue weighted by Gasteiger charge is -2.14. The second-order valence-electron chi connectivity index (χ2n) is 3.73. The average Bonchev–Trinajstić information content (AvgIpc) is 2.26. The molecule has 1 atom stereocenters. The molecule has 5 heteroatoms. The summed E-state index contributed by atoms with van der Waals surface area (Å²) in [5.74, 6) is 0.465. The number of hydrogen-bond donors (Lipinski definition) is 2. The van der Waals surface area contributed by atoms with E-state index in [1.807, 2.05) is 25.1 Å². The molecule has 94 valence electrons. The van der Waals surface area contributed by atoms with E-state index in [0.29, 0.717) is 19.4 Å². The van der Waals surface area contributed by atoms with Crippen LogP contribution in [0.4, 0.5) is 0 Å². The number of carbonyl (C=O) groups excluding carboxylic acids is 1. The molecule has 0 aliphatic rings. The molecule has 1 unspecified atom stereocenters. The average molecular weight is 301 g/mol. The van der Waals surface area contributed by atoms with Gasteiger partial charge in [-0.1, -0.05) is 22.0 Å². The van der Waals surface area contributed by atoms with Crippen LogP contribution in [0.15, 0.2) is 22.7 Å². The van der Waals surface area contributed by atoms with Crippen LogP contribution in [0.5, 0.6) is 5.75 Å². The van der Waals surface area contributed by atoms with Crippen molar-refractivity contribution in [3.8, 4) is 5.75 Å². The quantitative estimate of drug-likeness (QED) is 0.844. The maximum Gasteiger partial charge on any atom is 0.217 e. The maximum atomic E-state index is 10.7. The minimum Gasteiger partial charge on any atom is -0.494 e. The minimum atomic E-state index is -0.331. The molecular weight excluding hydrogens is 284 g/mol. The number of primary amides is 1. The molecule has 1 aromatic rings. The van der Waals surface area contributed by atoms with Gasteiger partial charge < -0.3 is 16.2 Å². The van der Waals surface area contributed by atoms with Gasteiger partial charge in [0.15, 0.2) is 0 Å². The summed E-state index contributed by atoms with van der Waals surface area (Å²) in [6.45, 7) is 2.56. The first-order valence-corrected chi connectivity index (χ1v) is 6.30. The summed E-state index contributed by atoms with van der Waals surface area (Å²) in [6.07, 6.45) is 0.836. The molecule has 0 saturated carbocycles. The Labute approximate surface area is 109 Å². The fourth-order valence-corrected chi connectivity index (χ4v) is 2.17. The summed E-state index contributed by atoms with van der Waals surface area (Å²) >= 11 is 3.45. The van der Waals surface area contributed by atoms with E-state index < -0.39 is 0 Å². The van der Waals surface area contributed by atoms with Crippen molar-refractivity contribution in [2.24, 2.45) is 11.5 Å². The first kappa shape index (κ1) is 14.0. The van der Waals surface area contributed by atoms with Crippen molar-refractivity contribution in [3.05, 3.63) is 28.2 Å². The largest absolute Gasteiger partial charge is 0.494 e. The Bertz CT molecular complexity index is 396. The molecule has 0 fully saturated rings. The van der Waals surface area contributed by atoms with Gasteiger partial charge in [0, 0.05) is 16.9 Å². The Morgan fingerprint density at radius 3 is 2.76 bits per heavy atom. The predicted molar refractivity (Wildman–Crippen MR) is 70.7 cm³/mol. The summed E-state index contributed by atoms with van der Waals surface area (Å²) in [6, 6.07) is 5.45. The molecule has 0 bridgehead atoms. The zero-order chi connectivity index (χ0) is 12.8. The van der Waals surface area contributed by atoms with Gasteiger partial charge in [-0.25, -0.2) is 0 Å². The van der Waals surface area contributed by atoms with E-state index in [1.165, 1.54) is 0 Å². The highest BCUT2D eigenvalue weighted by Crippen LogP contribution is 2.28. The van der Waals surface area contributed by atoms with Gasteiger partial charge in [-0.05, 0) is 31.0 Å². The molecule has 0 saturated heterocycles. The topological polar surface area (TPSA) is 78.3 Å². The van der Waals surface area contributed by atoms with Crippen molar-refractivity contribution in [3.63, 3.8) is 0 Å². The van der Waals surface area contributed by atoms with Crippen LogP contribution in [-0.4, -0.2) is 12.5 Å². The monoisotopic (exact) mass is 300 g/mol. The number of amides is 1. The van der Waals surface area contributed by atoms with Gasteiger partial charge in [0.1, 0.15) is 5.75 Å². The molecule has 4 N–H and O–H groups in total. The van der Waals surface area contributed by atoms with Gasteiger partial charge in [-0.15, -0.1) is 0 Å². The highest BCUT2D eigenvalue weighted by atomic mass is 79.9. The molecule has 1 rings (SSSR count). The van der Waals surface area contributed by atoms with Crippen molar-refractivity contribution in [2.45, 2.75) is 25.8 Å². The normalized spacial score (nSPS) is 12.2. The summed E-state index contributed by atoms with van der Waals surface area (Å²) < 4.78 is 6.26. The first-order chi connectivity index (χ1) is 8.04. The predicted octanol–water partition coefficient (Wildman–Crippen LogP) is 2.11. The van der Waals surface area contributed by atoms with E-state index in [9.17, 15) is 4.79 Å². The third-order valence-corrected chi connectivity index (χ3v) is 3.07. The van der Waals surface area contributed by atoms with E-state index >= 15 is 0 Å². The Balaban J connectivity index is 2.73. The molecule has 1 aromatic carbocycles. The molecule has 0 radical (unpaired) electrons. The Morgan fingerprint density at radius 1 is 1.53 bits per heavy atom. The van der Waals surface area contributed by atoms with Crippen molar-refractivity contribution >= 4 is 21.8 Å². The number of hydrogen-bond acceptors (Lipinski definition) is 3. The SMILES string of the molecule is CCOc1ccc(C(N)CCC(N)=O)c(Br)c1. The third kappa shape index (κ3) is 4.36. The van der Waals surface area contributed by atoms with Crippen molar-refractivity contribution in [1.29, 1.82) is 0 Å². The fraction of sp³-hybridized carbons (Fsp3) is 0.417. The Morgan fingerprint density at radius 2 is 2.24 bits per heavy atom. The lowest BCUT2D eigenvalue weighted by molar-refractivity contribution is -0.118. The van der Waals surface area contributed by atoms with E-state index in [4.69, 9.17) is 16.2 Å². The van der Waals surface area contributed by atoms with Crippen LogP contribution < -0.4 is 16.2 Å². The van der Waals surface area contributed by atoms with Gasteiger partial charge in [0.05, 0.1) is 6.61 Å². The summed E-state index contributed by atoms with van der Waals surface area (Å²) in [7, 11) is 0. The molecule has 0 aromatic heterocycles. The molecule has 0 aliphatic carbocycles. The molecular formula is C12H17BrN2O2. The summed E-state index contributed by atoms with van der Waals surface area (Å²) in [5.41, 5.74) is 12.0. The van der Waals surface area contributed by atoms with Gasteiger partial charge in [-0.3, -0.25) is 4.79 Å². The molecule has 17 heavy (non-hydrogen) atoms.